The molecule has 12 heteroatoms. The summed E-state index contributed by atoms with van der Waals surface area (Å²) in [5.74, 6) is -1.62. The third-order valence-corrected chi connectivity index (χ3v) is 8.55. The molecule has 39 heavy (non-hydrogen) atoms. The van der Waals surface area contributed by atoms with E-state index in [1.54, 1.807) is 43.3 Å². The van der Waals surface area contributed by atoms with Crippen molar-refractivity contribution in [2.75, 3.05) is 31.6 Å². The van der Waals surface area contributed by atoms with Crippen LogP contribution in [-0.4, -0.2) is 65.8 Å². The van der Waals surface area contributed by atoms with Gasteiger partial charge in [0.05, 0.1) is 18.9 Å². The number of aromatic nitrogens is 2. The van der Waals surface area contributed by atoms with Crippen molar-refractivity contribution in [3.8, 4) is 17.3 Å². The lowest BCUT2D eigenvalue weighted by Crippen LogP contribution is -2.40. The predicted octanol–water partition coefficient (Wildman–Crippen LogP) is 4.07. The molecule has 1 amide bonds. The Labute approximate surface area is 227 Å². The van der Waals surface area contributed by atoms with Crippen LogP contribution in [0.15, 0.2) is 53.4 Å². The Kier molecular flexibility index (Phi) is 8.68. The van der Waals surface area contributed by atoms with E-state index >= 15 is 0 Å². The number of sulfonamides is 1. The molecule has 1 fully saturated rings. The topological polar surface area (TPSA) is 140 Å². The maximum Gasteiger partial charge on any atom is 0.356 e. The highest BCUT2D eigenvalue weighted by Gasteiger charge is 2.32. The summed E-state index contributed by atoms with van der Waals surface area (Å²) in [5, 5.41) is 16.7. The first kappa shape index (κ1) is 28.3. The second-order valence-corrected chi connectivity index (χ2v) is 11.0. The van der Waals surface area contributed by atoms with E-state index in [0.29, 0.717) is 24.2 Å². The molecule has 0 spiro atoms. The second-order valence-electron chi connectivity index (χ2n) is 9.11. The zero-order valence-corrected chi connectivity index (χ0v) is 22.9. The number of nitrogens with zero attached hydrogens (tertiary/aromatic N) is 3. The van der Waals surface area contributed by atoms with Gasteiger partial charge in [-0.3, -0.25) is 4.79 Å². The summed E-state index contributed by atoms with van der Waals surface area (Å²) < 4.78 is 41.7. The SMILES string of the molecule is CCC(CC)C(=O)Nc1ccc(Oc2c(C)c(C(=O)O)nn2-c2ccccc2)c(S(=O)(=O)N2CCOCC2)c1. The van der Waals surface area contributed by atoms with Gasteiger partial charge >= 0.3 is 5.97 Å². The van der Waals surface area contributed by atoms with Gasteiger partial charge in [0.2, 0.25) is 21.8 Å². The third-order valence-electron chi connectivity index (χ3n) is 6.63. The monoisotopic (exact) mass is 556 g/mol. The van der Waals surface area contributed by atoms with Gasteiger partial charge in [-0.05, 0) is 50.1 Å². The Bertz CT molecular complexity index is 1440. The minimum absolute atomic E-state index is 0.0286. The molecule has 4 rings (SSSR count). The van der Waals surface area contributed by atoms with Gasteiger partial charge in [-0.2, -0.15) is 14.1 Å². The van der Waals surface area contributed by atoms with E-state index in [4.69, 9.17) is 9.47 Å². The summed E-state index contributed by atoms with van der Waals surface area (Å²) in [6.45, 7) is 6.22. The van der Waals surface area contributed by atoms with Gasteiger partial charge in [0.25, 0.3) is 0 Å². The summed E-state index contributed by atoms with van der Waals surface area (Å²) >= 11 is 0. The van der Waals surface area contributed by atoms with Gasteiger partial charge in [-0.1, -0.05) is 32.0 Å². The number of carbonyl (C=O) groups excluding carboxylic acids is 1. The molecule has 1 aromatic heterocycles. The molecular weight excluding hydrogens is 524 g/mol. The number of para-hydroxylation sites is 1. The van der Waals surface area contributed by atoms with Crippen LogP contribution in [0.2, 0.25) is 0 Å². The summed E-state index contributed by atoms with van der Waals surface area (Å²) in [6, 6.07) is 13.2. The number of benzene rings is 2. The molecule has 2 heterocycles. The fourth-order valence-corrected chi connectivity index (χ4v) is 5.90. The maximum atomic E-state index is 13.8. The molecule has 0 atom stereocenters. The van der Waals surface area contributed by atoms with Gasteiger partial charge < -0.3 is 19.9 Å². The van der Waals surface area contributed by atoms with E-state index < -0.39 is 16.0 Å². The minimum atomic E-state index is -4.07. The number of morpholine rings is 1. The molecule has 0 unspecified atom stereocenters. The number of aromatic carboxylic acids is 1. The zero-order valence-electron chi connectivity index (χ0n) is 22.1. The van der Waals surface area contributed by atoms with Crippen LogP contribution in [0, 0.1) is 12.8 Å². The van der Waals surface area contributed by atoms with E-state index in [2.05, 4.69) is 10.4 Å². The number of hydrogen-bond donors (Lipinski definition) is 2. The van der Waals surface area contributed by atoms with Gasteiger partial charge in [-0.25, -0.2) is 13.2 Å². The summed E-state index contributed by atoms with van der Waals surface area (Å²) in [6.07, 6.45) is 1.30. The normalized spacial score (nSPS) is 14.4. The molecule has 0 saturated carbocycles. The predicted molar refractivity (Wildman–Crippen MR) is 144 cm³/mol. The zero-order chi connectivity index (χ0) is 28.2. The summed E-state index contributed by atoms with van der Waals surface area (Å²) in [4.78, 5) is 24.4. The molecule has 0 bridgehead atoms. The number of hydrogen-bond acceptors (Lipinski definition) is 7. The maximum absolute atomic E-state index is 13.8. The quantitative estimate of drug-likeness (QED) is 0.381. The van der Waals surface area contributed by atoms with Gasteiger partial charge in [0, 0.05) is 30.3 Å². The fourth-order valence-electron chi connectivity index (χ4n) is 4.35. The first-order valence-electron chi connectivity index (χ1n) is 12.8. The van der Waals surface area contributed by atoms with Crippen LogP contribution >= 0.6 is 0 Å². The van der Waals surface area contributed by atoms with E-state index in [9.17, 15) is 23.1 Å². The summed E-state index contributed by atoms with van der Waals surface area (Å²) in [7, 11) is -4.07. The third kappa shape index (κ3) is 5.97. The average Bonchev–Trinajstić information content (AvgIpc) is 3.27. The van der Waals surface area contributed by atoms with Crippen molar-refractivity contribution >= 4 is 27.6 Å². The number of carboxylic acid groups (broad SMARTS) is 1. The lowest BCUT2D eigenvalue weighted by atomic mass is 10.0. The number of ether oxygens (including phenoxy) is 2. The minimum Gasteiger partial charge on any atom is -0.476 e. The first-order valence-corrected chi connectivity index (χ1v) is 14.2. The highest BCUT2D eigenvalue weighted by Crippen LogP contribution is 2.36. The molecule has 0 aliphatic carbocycles. The second kappa shape index (κ2) is 12.0. The van der Waals surface area contributed by atoms with Crippen molar-refractivity contribution < 1.29 is 32.6 Å². The van der Waals surface area contributed by atoms with Gasteiger partial charge in [0.1, 0.15) is 10.6 Å². The smallest absolute Gasteiger partial charge is 0.356 e. The number of carbonyl (C=O) groups is 2. The highest BCUT2D eigenvalue weighted by atomic mass is 32.2. The van der Waals surface area contributed by atoms with Crippen molar-refractivity contribution in [3.63, 3.8) is 0 Å². The van der Waals surface area contributed by atoms with Crippen LogP contribution in [0.3, 0.4) is 0 Å². The summed E-state index contributed by atoms with van der Waals surface area (Å²) in [5.41, 5.74) is 0.855. The molecule has 0 radical (unpaired) electrons. The van der Waals surface area contributed by atoms with E-state index in [1.165, 1.54) is 21.1 Å². The average molecular weight is 557 g/mol. The van der Waals surface area contributed by atoms with Crippen molar-refractivity contribution in [3.05, 3.63) is 59.8 Å². The van der Waals surface area contributed by atoms with Crippen LogP contribution < -0.4 is 10.1 Å². The van der Waals surface area contributed by atoms with Crippen LogP contribution in [0.5, 0.6) is 11.6 Å². The Morgan fingerprint density at radius 2 is 1.77 bits per heavy atom. The molecule has 1 aliphatic rings. The van der Waals surface area contributed by atoms with Crippen molar-refractivity contribution in [1.82, 2.24) is 14.1 Å². The van der Waals surface area contributed by atoms with Crippen LogP contribution in [0.25, 0.3) is 5.69 Å². The Morgan fingerprint density at radius 1 is 1.10 bits per heavy atom. The number of nitrogens with one attached hydrogen (secondary N) is 1. The number of rotatable bonds is 10. The number of amides is 1. The van der Waals surface area contributed by atoms with E-state index in [1.807, 2.05) is 13.8 Å². The fraction of sp³-hybridized carbons (Fsp3) is 0.370. The Morgan fingerprint density at radius 3 is 2.38 bits per heavy atom. The standard InChI is InChI=1S/C27H32N4O7S/c1-4-19(5-2)25(32)28-20-11-12-22(23(17-20)39(35,36)30-13-15-37-16-14-30)38-26-18(3)24(27(33)34)29-31(26)21-9-7-6-8-10-21/h6-12,17,19H,4-5,13-16H2,1-3H3,(H,28,32)(H,33,34). The van der Waals surface area contributed by atoms with E-state index in [0.717, 1.165) is 0 Å². The molecule has 11 nitrogen and oxygen atoms in total. The van der Waals surface area contributed by atoms with Crippen molar-refractivity contribution in [1.29, 1.82) is 0 Å². The first-order chi connectivity index (χ1) is 18.7. The number of carboxylic acids is 1. The van der Waals surface area contributed by atoms with Gasteiger partial charge in [-0.15, -0.1) is 0 Å². The molecule has 1 aliphatic heterocycles. The van der Waals surface area contributed by atoms with Crippen LogP contribution in [0.1, 0.15) is 42.7 Å². The molecule has 1 saturated heterocycles. The lowest BCUT2D eigenvalue weighted by Gasteiger charge is -2.27. The van der Waals surface area contributed by atoms with E-state index in [-0.39, 0.29) is 65.9 Å². The van der Waals surface area contributed by atoms with Crippen molar-refractivity contribution in [2.24, 2.45) is 5.92 Å². The van der Waals surface area contributed by atoms with Crippen LogP contribution in [0.4, 0.5) is 5.69 Å². The molecule has 2 aromatic carbocycles. The largest absolute Gasteiger partial charge is 0.476 e. The Hall–Kier alpha value is -3.74. The highest BCUT2D eigenvalue weighted by molar-refractivity contribution is 7.89. The van der Waals surface area contributed by atoms with Crippen molar-refractivity contribution in [2.45, 2.75) is 38.5 Å². The van der Waals surface area contributed by atoms with Gasteiger partial charge in [0.15, 0.2) is 5.69 Å². The number of anilines is 1. The molecule has 3 aromatic rings. The molecule has 208 valence electrons. The van der Waals surface area contributed by atoms with Crippen LogP contribution in [-0.2, 0) is 19.6 Å². The lowest BCUT2D eigenvalue weighted by molar-refractivity contribution is -0.120. The molecular formula is C27H32N4O7S. The Balaban J connectivity index is 1.82. The molecule has 2 N–H and O–H groups in total.